The molecule has 4 rings (SSSR count). The molecule has 4 nitrogen and oxygen atoms in total. The van der Waals surface area contributed by atoms with Gasteiger partial charge >= 0.3 is 6.03 Å². The average Bonchev–Trinajstić information content (AvgIpc) is 3.31. The molecule has 124 valence electrons. The van der Waals surface area contributed by atoms with Gasteiger partial charge in [0.15, 0.2) is 0 Å². The van der Waals surface area contributed by atoms with Gasteiger partial charge in [-0.1, -0.05) is 6.07 Å². The summed E-state index contributed by atoms with van der Waals surface area (Å²) in [5.74, 6) is 0. The zero-order valence-electron chi connectivity index (χ0n) is 13.3. The van der Waals surface area contributed by atoms with Gasteiger partial charge in [-0.15, -0.1) is 11.3 Å². The summed E-state index contributed by atoms with van der Waals surface area (Å²) in [6.07, 6.45) is 8.72. The van der Waals surface area contributed by atoms with E-state index in [1.54, 1.807) is 16.8 Å². The molecule has 6 heteroatoms. The molecular weight excluding hydrogens is 338 g/mol. The molecule has 1 aromatic heterocycles. The lowest BCUT2D eigenvalue weighted by Crippen LogP contribution is -2.23. The molecule has 0 fully saturated rings. The summed E-state index contributed by atoms with van der Waals surface area (Å²) in [6, 6.07) is 2.22. The normalized spacial score (nSPS) is 15.5. The molecule has 1 heterocycles. The number of amides is 2. The van der Waals surface area contributed by atoms with Crippen molar-refractivity contribution < 1.29 is 4.79 Å². The number of rotatable bonds is 4. The number of benzene rings is 1. The Hall–Kier alpha value is -1.79. The van der Waals surface area contributed by atoms with Gasteiger partial charge in [-0.2, -0.15) is 0 Å². The maximum atomic E-state index is 12.3. The summed E-state index contributed by atoms with van der Waals surface area (Å²) in [5.41, 5.74) is 9.36. The first kappa shape index (κ1) is 15.7. The summed E-state index contributed by atoms with van der Waals surface area (Å²) in [4.78, 5) is 16.5. The van der Waals surface area contributed by atoms with Crippen LogP contribution in [0, 0.1) is 0 Å². The van der Waals surface area contributed by atoms with Crippen LogP contribution in [0.1, 0.15) is 40.8 Å². The first-order valence-electron chi connectivity index (χ1n) is 8.25. The molecule has 0 saturated carbocycles. The van der Waals surface area contributed by atoms with Crippen molar-refractivity contribution in [3.63, 3.8) is 0 Å². The summed E-state index contributed by atoms with van der Waals surface area (Å²) in [5, 5.41) is 6.93. The summed E-state index contributed by atoms with van der Waals surface area (Å²) < 4.78 is 2.83. The van der Waals surface area contributed by atoms with Crippen LogP contribution in [-0.4, -0.2) is 11.0 Å². The Morgan fingerprint density at radius 3 is 2.58 bits per heavy atom. The third-order valence-corrected chi connectivity index (χ3v) is 5.80. The smallest absolute Gasteiger partial charge is 0.307 e. The standard InChI is InChI=1S/C18H19N3OS2/c22-18(21-24-8-7-14-10-23-11-19-14)20-17-15-5-1-3-12(15)9-13-4-2-6-16(13)17/h7-11H,1-6H2,(H2,20,21,22)/b8-7+. The molecule has 2 aromatic rings. The van der Waals surface area contributed by atoms with Gasteiger partial charge < -0.3 is 5.32 Å². The second-order valence-electron chi connectivity index (χ2n) is 6.12. The molecule has 0 spiro atoms. The van der Waals surface area contributed by atoms with Crippen molar-refractivity contribution in [1.29, 1.82) is 0 Å². The van der Waals surface area contributed by atoms with Gasteiger partial charge in [0.25, 0.3) is 0 Å². The van der Waals surface area contributed by atoms with E-state index in [9.17, 15) is 4.79 Å². The first-order valence-corrected chi connectivity index (χ1v) is 10.1. The molecule has 0 aliphatic heterocycles. The van der Waals surface area contributed by atoms with Crippen LogP contribution in [0.3, 0.4) is 0 Å². The molecule has 0 atom stereocenters. The second kappa shape index (κ2) is 6.99. The Kier molecular flexibility index (Phi) is 4.58. The van der Waals surface area contributed by atoms with E-state index >= 15 is 0 Å². The highest BCUT2D eigenvalue weighted by atomic mass is 32.2. The van der Waals surface area contributed by atoms with Crippen molar-refractivity contribution in [3.05, 3.63) is 50.3 Å². The van der Waals surface area contributed by atoms with Crippen molar-refractivity contribution in [1.82, 2.24) is 9.71 Å². The van der Waals surface area contributed by atoms with Gasteiger partial charge in [0.2, 0.25) is 0 Å². The number of hydrogen-bond donors (Lipinski definition) is 2. The lowest BCUT2D eigenvalue weighted by molar-refractivity contribution is 0.257. The van der Waals surface area contributed by atoms with Crippen LogP contribution in [-0.2, 0) is 25.7 Å². The molecule has 0 saturated heterocycles. The van der Waals surface area contributed by atoms with Crippen molar-refractivity contribution in [2.45, 2.75) is 38.5 Å². The highest BCUT2D eigenvalue weighted by Gasteiger charge is 2.24. The van der Waals surface area contributed by atoms with E-state index in [1.807, 2.05) is 16.9 Å². The largest absolute Gasteiger partial charge is 0.329 e. The van der Waals surface area contributed by atoms with Gasteiger partial charge in [-0.25, -0.2) is 9.78 Å². The zero-order chi connectivity index (χ0) is 16.4. The summed E-state index contributed by atoms with van der Waals surface area (Å²) in [6.45, 7) is 0. The molecule has 0 unspecified atom stereocenters. The van der Waals surface area contributed by atoms with E-state index in [-0.39, 0.29) is 6.03 Å². The Labute approximate surface area is 149 Å². The number of nitrogens with zero attached hydrogens (tertiary/aromatic N) is 1. The molecular formula is C18H19N3OS2. The Bertz CT molecular complexity index is 752. The highest BCUT2D eigenvalue weighted by Crippen LogP contribution is 2.38. The Balaban J connectivity index is 1.43. The first-order chi connectivity index (χ1) is 11.8. The quantitative estimate of drug-likeness (QED) is 0.789. The summed E-state index contributed by atoms with van der Waals surface area (Å²) >= 11 is 2.82. The van der Waals surface area contributed by atoms with E-state index in [0.29, 0.717) is 0 Å². The van der Waals surface area contributed by atoms with E-state index < -0.39 is 0 Å². The predicted molar refractivity (Wildman–Crippen MR) is 101 cm³/mol. The lowest BCUT2D eigenvalue weighted by Gasteiger charge is -2.16. The molecule has 2 N–H and O–H groups in total. The minimum atomic E-state index is -0.155. The molecule has 2 amide bonds. The number of thiazole rings is 1. The number of carbonyl (C=O) groups is 1. The maximum Gasteiger partial charge on any atom is 0.329 e. The van der Waals surface area contributed by atoms with Crippen molar-refractivity contribution in [2.75, 3.05) is 5.32 Å². The fraction of sp³-hybridized carbons (Fsp3) is 0.333. The fourth-order valence-corrected chi connectivity index (χ4v) is 4.56. The van der Waals surface area contributed by atoms with Crippen LogP contribution in [0.2, 0.25) is 0 Å². The van der Waals surface area contributed by atoms with Crippen molar-refractivity contribution >= 4 is 41.1 Å². The van der Waals surface area contributed by atoms with Crippen LogP contribution in [0.5, 0.6) is 0 Å². The van der Waals surface area contributed by atoms with Crippen LogP contribution in [0.25, 0.3) is 6.08 Å². The molecule has 2 aliphatic rings. The number of aryl methyl sites for hydroxylation is 2. The molecule has 1 aromatic carbocycles. The third-order valence-electron chi connectivity index (χ3n) is 4.62. The molecule has 24 heavy (non-hydrogen) atoms. The molecule has 0 radical (unpaired) electrons. The van der Waals surface area contributed by atoms with Crippen molar-refractivity contribution in [3.8, 4) is 0 Å². The van der Waals surface area contributed by atoms with Gasteiger partial charge in [-0.3, -0.25) is 4.72 Å². The van der Waals surface area contributed by atoms with Gasteiger partial charge in [-0.05, 0) is 84.2 Å². The maximum absolute atomic E-state index is 12.3. The van der Waals surface area contributed by atoms with Crippen LogP contribution in [0.4, 0.5) is 10.5 Å². The number of nitrogens with one attached hydrogen (secondary N) is 2. The van der Waals surface area contributed by atoms with E-state index in [4.69, 9.17) is 0 Å². The summed E-state index contributed by atoms with van der Waals surface area (Å²) in [7, 11) is 0. The van der Waals surface area contributed by atoms with Crippen LogP contribution >= 0.6 is 23.3 Å². The molecule has 2 aliphatic carbocycles. The monoisotopic (exact) mass is 357 g/mol. The topological polar surface area (TPSA) is 54.0 Å². The highest BCUT2D eigenvalue weighted by molar-refractivity contribution is 8.00. The van der Waals surface area contributed by atoms with Crippen molar-refractivity contribution in [2.24, 2.45) is 0 Å². The van der Waals surface area contributed by atoms with Gasteiger partial charge in [0.1, 0.15) is 0 Å². The average molecular weight is 358 g/mol. The number of urea groups is 1. The number of hydrogen-bond acceptors (Lipinski definition) is 4. The minimum absolute atomic E-state index is 0.155. The SMILES string of the molecule is O=C(NS/C=C/c1cscn1)Nc1c2c(cc3c1CCC3)CCC2. The number of fused-ring (bicyclic) bond motifs is 2. The number of aromatic nitrogens is 1. The van der Waals surface area contributed by atoms with E-state index in [1.165, 1.54) is 47.0 Å². The lowest BCUT2D eigenvalue weighted by atomic mass is 9.99. The molecule has 0 bridgehead atoms. The Morgan fingerprint density at radius 1 is 1.17 bits per heavy atom. The van der Waals surface area contributed by atoms with Gasteiger partial charge in [0, 0.05) is 11.1 Å². The van der Waals surface area contributed by atoms with Crippen LogP contribution in [0.15, 0.2) is 22.4 Å². The predicted octanol–water partition coefficient (Wildman–Crippen LogP) is 4.56. The van der Waals surface area contributed by atoms with Crippen LogP contribution < -0.4 is 10.0 Å². The number of anilines is 1. The Morgan fingerprint density at radius 2 is 1.92 bits per heavy atom. The van der Waals surface area contributed by atoms with Gasteiger partial charge in [0.05, 0.1) is 11.2 Å². The third kappa shape index (κ3) is 3.21. The van der Waals surface area contributed by atoms with E-state index in [0.717, 1.165) is 37.1 Å². The zero-order valence-corrected chi connectivity index (χ0v) is 14.9. The van der Waals surface area contributed by atoms with E-state index in [2.05, 4.69) is 21.1 Å². The number of carbonyl (C=O) groups excluding carboxylic acids is 1. The minimum Gasteiger partial charge on any atom is -0.307 e. The second-order valence-corrected chi connectivity index (χ2v) is 7.55. The fourth-order valence-electron chi connectivity index (χ4n) is 3.60.